The molecule has 0 bridgehead atoms. The van der Waals surface area contributed by atoms with Crippen molar-refractivity contribution < 1.29 is 32.9 Å². The summed E-state index contributed by atoms with van der Waals surface area (Å²) in [6.45, 7) is 4.37. The van der Waals surface area contributed by atoms with Gasteiger partial charge in [0.05, 0.1) is 39.9 Å². The molecule has 0 fully saturated rings. The molecule has 0 aliphatic carbocycles. The lowest BCUT2D eigenvalue weighted by molar-refractivity contribution is -0.870. The summed E-state index contributed by atoms with van der Waals surface area (Å²) in [5, 5.41) is 13.7. The fourth-order valence-corrected chi connectivity index (χ4v) is 8.30. The zero-order valence-corrected chi connectivity index (χ0v) is 43.4. The van der Waals surface area contributed by atoms with Crippen molar-refractivity contribution in [1.82, 2.24) is 5.32 Å². The predicted molar refractivity (Wildman–Crippen MR) is 274 cm³/mol. The van der Waals surface area contributed by atoms with Crippen molar-refractivity contribution in [1.29, 1.82) is 0 Å². The van der Waals surface area contributed by atoms with Crippen molar-refractivity contribution in [3.8, 4) is 0 Å². The second-order valence-electron chi connectivity index (χ2n) is 19.2. The molecule has 1 amide bonds. The molecule has 0 saturated heterocycles. The lowest BCUT2D eigenvalue weighted by Gasteiger charge is -2.29. The number of quaternary nitrogens is 1. The molecule has 3 atom stereocenters. The van der Waals surface area contributed by atoms with Crippen LogP contribution in [0.4, 0.5) is 0 Å². The Balaban J connectivity index is 3.93. The third-order valence-corrected chi connectivity index (χ3v) is 12.7. The van der Waals surface area contributed by atoms with Crippen LogP contribution in [0.1, 0.15) is 232 Å². The lowest BCUT2D eigenvalue weighted by Crippen LogP contribution is -2.45. The number of phosphoric acid groups is 1. The molecule has 8 nitrogen and oxygen atoms in total. The van der Waals surface area contributed by atoms with Crippen LogP contribution >= 0.6 is 7.82 Å². The van der Waals surface area contributed by atoms with E-state index in [1.807, 2.05) is 40.2 Å². The van der Waals surface area contributed by atoms with Gasteiger partial charge in [-0.05, 0) is 71.1 Å². The number of nitrogens with zero attached hydrogens (tertiary/aromatic N) is 1. The number of hydrogen-bond acceptors (Lipinski definition) is 6. The summed E-state index contributed by atoms with van der Waals surface area (Å²) in [4.78, 5) is 25.3. The van der Waals surface area contributed by atoms with Crippen molar-refractivity contribution >= 4 is 13.7 Å². The second-order valence-corrected chi connectivity index (χ2v) is 20.6. The van der Waals surface area contributed by atoms with Gasteiger partial charge in [-0.2, -0.15) is 0 Å². The summed E-state index contributed by atoms with van der Waals surface area (Å²) in [6.07, 6.45) is 62.0. The average Bonchev–Trinajstić information content (AvgIpc) is 3.25. The third-order valence-electron chi connectivity index (χ3n) is 11.8. The molecule has 0 aromatic rings. The second kappa shape index (κ2) is 46.3. The SMILES string of the molecule is C/C=C/CC/C=C/CC/C=C/C(O)C(COP(=O)([O-])OCC[N+](C)(C)C)NC(=O)CCCCCCCCCCCCCCCCCCCCCCC/C=C\C/C=C\CCCCCCC. The van der Waals surface area contributed by atoms with Crippen LogP contribution in [0.2, 0.25) is 0 Å². The first-order chi connectivity index (χ1) is 31.0. The van der Waals surface area contributed by atoms with Gasteiger partial charge in [0.2, 0.25) is 5.91 Å². The Labute approximate surface area is 396 Å². The van der Waals surface area contributed by atoms with E-state index in [0.29, 0.717) is 17.4 Å². The fourth-order valence-electron chi connectivity index (χ4n) is 7.58. The highest BCUT2D eigenvalue weighted by Gasteiger charge is 2.23. The number of nitrogens with one attached hydrogen (secondary N) is 1. The number of allylic oxidation sites excluding steroid dienone is 9. The minimum atomic E-state index is -4.60. The maximum atomic E-state index is 12.9. The van der Waals surface area contributed by atoms with Gasteiger partial charge in [0.15, 0.2) is 0 Å². The largest absolute Gasteiger partial charge is 0.756 e. The van der Waals surface area contributed by atoms with Gasteiger partial charge in [0.25, 0.3) is 7.82 Å². The van der Waals surface area contributed by atoms with Crippen LogP contribution in [0.3, 0.4) is 0 Å². The monoisotopic (exact) mass is 919 g/mol. The lowest BCUT2D eigenvalue weighted by atomic mass is 10.0. The molecule has 0 spiro atoms. The van der Waals surface area contributed by atoms with Gasteiger partial charge in [-0.3, -0.25) is 9.36 Å². The van der Waals surface area contributed by atoms with Gasteiger partial charge >= 0.3 is 0 Å². The van der Waals surface area contributed by atoms with Crippen LogP contribution in [-0.4, -0.2) is 68.5 Å². The van der Waals surface area contributed by atoms with E-state index in [1.165, 1.54) is 161 Å². The Morgan fingerprint density at radius 3 is 1.44 bits per heavy atom. The molecule has 0 aromatic heterocycles. The van der Waals surface area contributed by atoms with E-state index >= 15 is 0 Å². The smallest absolute Gasteiger partial charge is 0.268 e. The van der Waals surface area contributed by atoms with E-state index < -0.39 is 26.6 Å². The van der Waals surface area contributed by atoms with Crippen LogP contribution in [0.5, 0.6) is 0 Å². The summed E-state index contributed by atoms with van der Waals surface area (Å²) in [6, 6.07) is -0.907. The zero-order valence-electron chi connectivity index (χ0n) is 42.5. The Morgan fingerprint density at radius 1 is 0.578 bits per heavy atom. The Morgan fingerprint density at radius 2 is 0.984 bits per heavy atom. The first-order valence-electron chi connectivity index (χ1n) is 26.6. The van der Waals surface area contributed by atoms with Crippen molar-refractivity contribution in [2.75, 3.05) is 40.9 Å². The summed E-state index contributed by atoms with van der Waals surface area (Å²) >= 11 is 0. The van der Waals surface area contributed by atoms with Crippen LogP contribution in [-0.2, 0) is 18.4 Å². The number of aliphatic hydroxyl groups is 1. The predicted octanol–water partition coefficient (Wildman–Crippen LogP) is 15.1. The minimum absolute atomic E-state index is 0.00994. The number of unbranched alkanes of at least 4 members (excludes halogenated alkanes) is 28. The molecule has 0 aromatic carbocycles. The van der Waals surface area contributed by atoms with Gasteiger partial charge < -0.3 is 28.8 Å². The third kappa shape index (κ3) is 48.1. The molecule has 0 saturated carbocycles. The molecular formula is C55H103N2O6P. The highest BCUT2D eigenvalue weighted by atomic mass is 31.2. The summed E-state index contributed by atoms with van der Waals surface area (Å²) in [5.74, 6) is -0.213. The average molecular weight is 919 g/mol. The molecule has 3 unspecified atom stereocenters. The summed E-state index contributed by atoms with van der Waals surface area (Å²) < 4.78 is 23.1. The van der Waals surface area contributed by atoms with E-state index in [2.05, 4.69) is 54.8 Å². The summed E-state index contributed by atoms with van der Waals surface area (Å²) in [5.41, 5.74) is 0. The maximum absolute atomic E-state index is 12.9. The van der Waals surface area contributed by atoms with Gasteiger partial charge in [-0.15, -0.1) is 0 Å². The van der Waals surface area contributed by atoms with Crippen molar-refractivity contribution in [2.24, 2.45) is 0 Å². The molecule has 374 valence electrons. The Hall–Kier alpha value is -1.80. The van der Waals surface area contributed by atoms with E-state index in [4.69, 9.17) is 9.05 Å². The molecule has 0 rings (SSSR count). The molecule has 0 radical (unpaired) electrons. The number of carbonyl (C=O) groups excluding carboxylic acids is 1. The molecule has 0 aliphatic heterocycles. The molecule has 64 heavy (non-hydrogen) atoms. The number of phosphoric ester groups is 1. The van der Waals surface area contributed by atoms with Crippen LogP contribution in [0.15, 0.2) is 60.8 Å². The zero-order chi connectivity index (χ0) is 47.1. The number of rotatable bonds is 48. The van der Waals surface area contributed by atoms with Crippen LogP contribution < -0.4 is 10.2 Å². The van der Waals surface area contributed by atoms with Gasteiger partial charge in [-0.1, -0.05) is 215 Å². The van der Waals surface area contributed by atoms with Crippen molar-refractivity contribution in [3.63, 3.8) is 0 Å². The van der Waals surface area contributed by atoms with Gasteiger partial charge in [-0.25, -0.2) is 0 Å². The highest BCUT2D eigenvalue weighted by molar-refractivity contribution is 7.45. The van der Waals surface area contributed by atoms with E-state index in [0.717, 1.165) is 51.4 Å². The number of hydrogen-bond donors (Lipinski definition) is 2. The highest BCUT2D eigenvalue weighted by Crippen LogP contribution is 2.38. The minimum Gasteiger partial charge on any atom is -0.756 e. The van der Waals surface area contributed by atoms with Crippen molar-refractivity contribution in [2.45, 2.75) is 244 Å². The number of likely N-dealkylation sites (N-methyl/N-ethyl adjacent to an activating group) is 1. The van der Waals surface area contributed by atoms with Crippen LogP contribution in [0, 0.1) is 0 Å². The molecule has 0 heterocycles. The van der Waals surface area contributed by atoms with E-state index in [1.54, 1.807) is 6.08 Å². The van der Waals surface area contributed by atoms with Gasteiger partial charge in [0.1, 0.15) is 13.2 Å². The first kappa shape index (κ1) is 62.2. The normalized spacial score (nSPS) is 14.5. The topological polar surface area (TPSA) is 108 Å². The molecule has 0 aliphatic rings. The Bertz CT molecular complexity index is 1230. The number of aliphatic hydroxyl groups excluding tert-OH is 1. The maximum Gasteiger partial charge on any atom is 0.268 e. The number of amides is 1. The summed E-state index contributed by atoms with van der Waals surface area (Å²) in [7, 11) is 1.23. The molecule has 9 heteroatoms. The quantitative estimate of drug-likeness (QED) is 0.0272. The van der Waals surface area contributed by atoms with E-state index in [9.17, 15) is 19.4 Å². The number of carbonyl (C=O) groups is 1. The molecule has 2 N–H and O–H groups in total. The first-order valence-corrected chi connectivity index (χ1v) is 28.1. The van der Waals surface area contributed by atoms with Crippen LogP contribution in [0.25, 0.3) is 0 Å². The Kier molecular flexibility index (Phi) is 45.0. The standard InChI is InChI=1S/C55H103N2O6P/c1-6-8-10-12-14-16-17-18-19-20-21-22-23-24-25-26-27-28-29-30-31-32-33-34-35-36-37-38-39-41-43-45-47-49-55(59)56-53(52-63-64(60,61)62-51-50-57(3,4)5)54(58)48-46-44-42-40-15-13-11-9-7-2/h7,9,15,17-18,20-21,40,46,48,53-54,58H,6,8,10-14,16,19,22-39,41-45,47,49-52H2,1-5H3,(H-,56,59,60,61)/b9-7+,18-17-,21-20-,40-15+,48-46+. The van der Waals surface area contributed by atoms with Gasteiger partial charge in [0, 0.05) is 6.42 Å². The van der Waals surface area contributed by atoms with Crippen molar-refractivity contribution in [3.05, 3.63) is 60.8 Å². The van der Waals surface area contributed by atoms with E-state index in [-0.39, 0.29) is 12.5 Å². The molecular weight excluding hydrogens is 816 g/mol. The fraction of sp³-hybridized carbons (Fsp3) is 0.800.